The smallest absolute Gasteiger partial charge is 0.338 e. The molecule has 0 unspecified atom stereocenters. The molecule has 6 rings (SSSR count). The number of hydrogen-bond acceptors (Lipinski definition) is 8. The fourth-order valence-electron chi connectivity index (χ4n) is 7.31. The number of carbonyl (C=O) groups is 2. The minimum Gasteiger partial charge on any atom is -0.497 e. The lowest BCUT2D eigenvalue weighted by molar-refractivity contribution is -0.176. The molecule has 212 valence electrons. The Balaban J connectivity index is 1.30. The first-order chi connectivity index (χ1) is 19.4. The molecule has 1 aromatic heterocycles. The van der Waals surface area contributed by atoms with Crippen LogP contribution in [0.15, 0.2) is 42.5 Å². The van der Waals surface area contributed by atoms with Gasteiger partial charge in [0.15, 0.2) is 0 Å². The van der Waals surface area contributed by atoms with Crippen LogP contribution in [0, 0.1) is 17.8 Å². The Morgan fingerprint density at radius 3 is 2.52 bits per heavy atom. The molecule has 0 bridgehead atoms. The van der Waals surface area contributed by atoms with E-state index in [1.54, 1.807) is 45.6 Å². The minimum absolute atomic E-state index is 0.0253. The largest absolute Gasteiger partial charge is 0.497 e. The predicted octanol–water partition coefficient (Wildman–Crippen LogP) is 4.15. The summed E-state index contributed by atoms with van der Waals surface area (Å²) < 4.78 is 28.0. The number of nitrogens with zero attached hydrogens (tertiary/aromatic N) is 1. The molecule has 1 aliphatic carbocycles. The fourth-order valence-corrected chi connectivity index (χ4v) is 7.31. The van der Waals surface area contributed by atoms with Crippen molar-refractivity contribution in [2.75, 3.05) is 41.5 Å². The number of rotatable bonds is 6. The average Bonchev–Trinajstić information content (AvgIpc) is 3.37. The second-order valence-electron chi connectivity index (χ2n) is 11.0. The van der Waals surface area contributed by atoms with E-state index in [2.05, 4.69) is 16.0 Å². The van der Waals surface area contributed by atoms with Crippen molar-refractivity contribution in [2.45, 2.75) is 37.5 Å². The number of aromatic nitrogens is 1. The molecule has 1 N–H and O–H groups in total. The second kappa shape index (κ2) is 10.8. The van der Waals surface area contributed by atoms with Crippen molar-refractivity contribution in [1.82, 2.24) is 9.88 Å². The van der Waals surface area contributed by atoms with Gasteiger partial charge in [0.25, 0.3) is 0 Å². The van der Waals surface area contributed by atoms with Gasteiger partial charge >= 0.3 is 11.9 Å². The number of esters is 2. The molecule has 2 aliphatic heterocycles. The molecule has 9 heteroatoms. The second-order valence-corrected chi connectivity index (χ2v) is 11.0. The molecular weight excluding hydrogens is 512 g/mol. The number of carbonyl (C=O) groups excluding carboxylic acids is 2. The lowest BCUT2D eigenvalue weighted by Crippen LogP contribution is -2.58. The van der Waals surface area contributed by atoms with Crippen LogP contribution in [0.1, 0.15) is 40.5 Å². The number of benzene rings is 2. The van der Waals surface area contributed by atoms with Crippen LogP contribution in [-0.4, -0.2) is 75.6 Å². The summed E-state index contributed by atoms with van der Waals surface area (Å²) in [5.41, 5.74) is 4.03. The van der Waals surface area contributed by atoms with Crippen LogP contribution in [0.3, 0.4) is 0 Å². The maximum absolute atomic E-state index is 13.3. The Morgan fingerprint density at radius 1 is 0.975 bits per heavy atom. The third kappa shape index (κ3) is 4.51. The van der Waals surface area contributed by atoms with Crippen LogP contribution < -0.4 is 9.47 Å². The molecule has 9 nitrogen and oxygen atoms in total. The maximum Gasteiger partial charge on any atom is 0.338 e. The van der Waals surface area contributed by atoms with Gasteiger partial charge < -0.3 is 28.7 Å². The van der Waals surface area contributed by atoms with Crippen molar-refractivity contribution in [3.05, 3.63) is 59.3 Å². The summed E-state index contributed by atoms with van der Waals surface area (Å²) in [7, 11) is 6.22. The van der Waals surface area contributed by atoms with Crippen molar-refractivity contribution in [2.24, 2.45) is 17.8 Å². The van der Waals surface area contributed by atoms with Crippen LogP contribution in [0.4, 0.5) is 0 Å². The van der Waals surface area contributed by atoms with Crippen molar-refractivity contribution >= 4 is 22.8 Å². The van der Waals surface area contributed by atoms with E-state index in [0.717, 1.165) is 37.2 Å². The van der Waals surface area contributed by atoms with E-state index < -0.39 is 24.1 Å². The Bertz CT molecular complexity index is 1420. The fraction of sp³-hybridized carbons (Fsp3) is 0.484. The van der Waals surface area contributed by atoms with Gasteiger partial charge in [-0.25, -0.2) is 4.79 Å². The molecule has 2 aromatic carbocycles. The van der Waals surface area contributed by atoms with Crippen LogP contribution in [0.2, 0.25) is 0 Å². The number of nitrogens with one attached hydrogen (secondary N) is 1. The van der Waals surface area contributed by atoms with Gasteiger partial charge in [0.2, 0.25) is 0 Å². The summed E-state index contributed by atoms with van der Waals surface area (Å²) in [6.07, 6.45) is 1.17. The maximum atomic E-state index is 13.3. The Kier molecular flexibility index (Phi) is 7.18. The molecule has 3 aromatic rings. The standard InChI is InChI=1S/C31H36N2O7/c1-36-19-7-5-6-17(12-19)30(34)40-26-13-18-16-33-11-10-22-21-9-8-20(37-2)14-24(21)32-28(22)25(33)15-23(18)27(29(26)38-3)31(35)39-4/h5-9,12,14,18,23,25-27,29,32H,10-11,13,15-16H2,1-4H3/t18-,23+,25-,26-,27+,29+/m1/s1. The minimum atomic E-state index is -0.607. The van der Waals surface area contributed by atoms with Gasteiger partial charge in [-0.3, -0.25) is 9.69 Å². The van der Waals surface area contributed by atoms with E-state index in [4.69, 9.17) is 23.7 Å². The van der Waals surface area contributed by atoms with E-state index >= 15 is 0 Å². The number of ether oxygens (including phenoxy) is 5. The van der Waals surface area contributed by atoms with Crippen LogP contribution in [0.25, 0.3) is 10.9 Å². The summed E-state index contributed by atoms with van der Waals surface area (Å²) in [5.74, 6) is 0.244. The molecule has 3 aliphatic rings. The van der Waals surface area contributed by atoms with Gasteiger partial charge in [-0.15, -0.1) is 0 Å². The molecule has 1 saturated heterocycles. The molecule has 2 fully saturated rings. The van der Waals surface area contributed by atoms with E-state index in [1.165, 1.54) is 23.8 Å². The van der Waals surface area contributed by atoms with Gasteiger partial charge in [0, 0.05) is 42.9 Å². The van der Waals surface area contributed by atoms with Crippen molar-refractivity contribution in [3.63, 3.8) is 0 Å². The van der Waals surface area contributed by atoms with Gasteiger partial charge in [0.1, 0.15) is 23.7 Å². The summed E-state index contributed by atoms with van der Waals surface area (Å²) in [6.45, 7) is 1.75. The number of piperidine rings is 1. The normalized spacial score (nSPS) is 27.7. The third-order valence-electron chi connectivity index (χ3n) is 9.17. The Labute approximate surface area is 233 Å². The molecule has 40 heavy (non-hydrogen) atoms. The molecule has 0 spiro atoms. The molecule has 6 atom stereocenters. The highest BCUT2D eigenvalue weighted by Gasteiger charge is 2.54. The summed E-state index contributed by atoms with van der Waals surface area (Å²) in [6, 6.07) is 13.2. The summed E-state index contributed by atoms with van der Waals surface area (Å²) in [5, 5.41) is 1.23. The number of fused-ring (bicyclic) bond motifs is 6. The lowest BCUT2D eigenvalue weighted by atomic mass is 9.63. The van der Waals surface area contributed by atoms with Crippen LogP contribution in [-0.2, 0) is 25.4 Å². The number of H-pyrrole nitrogens is 1. The summed E-state index contributed by atoms with van der Waals surface area (Å²) in [4.78, 5) is 32.7. The highest BCUT2D eigenvalue weighted by Crippen LogP contribution is 2.50. The van der Waals surface area contributed by atoms with Crippen molar-refractivity contribution in [1.29, 1.82) is 0 Å². The van der Waals surface area contributed by atoms with Gasteiger partial charge in [-0.05, 0) is 67.0 Å². The zero-order chi connectivity index (χ0) is 28.0. The quantitative estimate of drug-likeness (QED) is 0.459. The van der Waals surface area contributed by atoms with E-state index in [0.29, 0.717) is 17.7 Å². The first kappa shape index (κ1) is 26.7. The molecule has 0 amide bonds. The Morgan fingerprint density at radius 2 is 1.77 bits per heavy atom. The first-order valence-electron chi connectivity index (χ1n) is 13.8. The average molecular weight is 549 g/mol. The molecule has 1 saturated carbocycles. The molecule has 0 radical (unpaired) electrons. The van der Waals surface area contributed by atoms with Crippen molar-refractivity contribution in [3.8, 4) is 11.5 Å². The van der Waals surface area contributed by atoms with Gasteiger partial charge in [-0.1, -0.05) is 6.07 Å². The van der Waals surface area contributed by atoms with Gasteiger partial charge in [-0.2, -0.15) is 0 Å². The summed E-state index contributed by atoms with van der Waals surface area (Å²) >= 11 is 0. The van der Waals surface area contributed by atoms with E-state index in [9.17, 15) is 9.59 Å². The Hall–Kier alpha value is -3.56. The van der Waals surface area contributed by atoms with Crippen LogP contribution >= 0.6 is 0 Å². The predicted molar refractivity (Wildman–Crippen MR) is 148 cm³/mol. The zero-order valence-corrected chi connectivity index (χ0v) is 23.3. The SMILES string of the molecule is COC(=O)[C@H]1[C@H]2C[C@@H]3c4[nH]c5cc(OC)ccc5c4CCN3C[C@H]2C[C@@H](OC(=O)c2cccc(OC)c2)[C@@H]1OC. The zero-order valence-electron chi connectivity index (χ0n) is 23.3. The number of aromatic amines is 1. The number of methoxy groups -OCH3 is 4. The van der Waals surface area contributed by atoms with Crippen LogP contribution in [0.5, 0.6) is 11.5 Å². The van der Waals surface area contributed by atoms with E-state index in [1.807, 2.05) is 12.1 Å². The molecule has 3 heterocycles. The highest BCUT2D eigenvalue weighted by molar-refractivity contribution is 5.90. The topological polar surface area (TPSA) is 99.3 Å². The molecular formula is C31H36N2O7. The first-order valence-corrected chi connectivity index (χ1v) is 13.8. The monoisotopic (exact) mass is 548 g/mol. The number of hydrogen-bond donors (Lipinski definition) is 1. The van der Waals surface area contributed by atoms with Gasteiger partial charge in [0.05, 0.1) is 38.9 Å². The third-order valence-corrected chi connectivity index (χ3v) is 9.17. The van der Waals surface area contributed by atoms with Crippen molar-refractivity contribution < 1.29 is 33.3 Å². The lowest BCUT2D eigenvalue weighted by Gasteiger charge is -2.52. The highest BCUT2D eigenvalue weighted by atomic mass is 16.6. The van der Waals surface area contributed by atoms with E-state index in [-0.39, 0.29) is 23.8 Å².